The summed E-state index contributed by atoms with van der Waals surface area (Å²) in [7, 11) is -4.06. The van der Waals surface area contributed by atoms with Gasteiger partial charge >= 0.3 is 6.11 Å². The zero-order valence-electron chi connectivity index (χ0n) is 8.55. The van der Waals surface area contributed by atoms with Gasteiger partial charge in [0.15, 0.2) is 21.5 Å². The van der Waals surface area contributed by atoms with Gasteiger partial charge in [-0.25, -0.2) is 17.2 Å². The van der Waals surface area contributed by atoms with Crippen molar-refractivity contribution in [3.05, 3.63) is 29.3 Å². The number of hydrogen-bond acceptors (Lipinski definition) is 3. The van der Waals surface area contributed by atoms with E-state index < -0.39 is 43.8 Å². The van der Waals surface area contributed by atoms with E-state index in [-0.39, 0.29) is 0 Å². The Bertz CT molecular complexity index is 534. The Labute approximate surface area is 94.6 Å². The number of rotatable bonds is 3. The van der Waals surface area contributed by atoms with E-state index in [1.807, 2.05) is 0 Å². The van der Waals surface area contributed by atoms with Crippen molar-refractivity contribution >= 4 is 9.84 Å². The Morgan fingerprint density at radius 2 is 1.76 bits per heavy atom. The minimum Gasteiger partial charge on any atom is -0.332 e. The lowest BCUT2D eigenvalue weighted by Gasteiger charge is -2.12. The van der Waals surface area contributed by atoms with Crippen LogP contribution in [-0.4, -0.2) is 19.3 Å². The van der Waals surface area contributed by atoms with Crippen molar-refractivity contribution in [2.75, 3.05) is 5.75 Å². The molecule has 0 heterocycles. The van der Waals surface area contributed by atoms with E-state index in [4.69, 9.17) is 5.11 Å². The largest absolute Gasteiger partial charge is 0.383 e. The first-order chi connectivity index (χ1) is 7.61. The minimum absolute atomic E-state index is 0.334. The van der Waals surface area contributed by atoms with Crippen molar-refractivity contribution in [1.82, 2.24) is 0 Å². The van der Waals surface area contributed by atoms with Gasteiger partial charge in [0.1, 0.15) is 4.90 Å². The monoisotopic (exact) mass is 272 g/mol. The highest BCUT2D eigenvalue weighted by Crippen LogP contribution is 2.30. The molecule has 0 fully saturated rings. The minimum atomic E-state index is -4.57. The van der Waals surface area contributed by atoms with Crippen LogP contribution in [0.3, 0.4) is 0 Å². The topological polar surface area (TPSA) is 54.4 Å². The van der Waals surface area contributed by atoms with Gasteiger partial charge in [-0.05, 0) is 12.1 Å². The highest BCUT2D eigenvalue weighted by atomic mass is 32.2. The molecule has 0 saturated heterocycles. The van der Waals surface area contributed by atoms with Gasteiger partial charge in [0, 0.05) is 0 Å². The van der Waals surface area contributed by atoms with Crippen LogP contribution < -0.4 is 0 Å². The van der Waals surface area contributed by atoms with Crippen molar-refractivity contribution in [3.63, 3.8) is 0 Å². The molecule has 0 saturated carbocycles. The lowest BCUT2D eigenvalue weighted by molar-refractivity contribution is -0.211. The van der Waals surface area contributed by atoms with Gasteiger partial charge in [-0.15, -0.1) is 0 Å². The molecule has 1 rings (SSSR count). The van der Waals surface area contributed by atoms with Gasteiger partial charge in [-0.3, -0.25) is 0 Å². The van der Waals surface area contributed by atoms with E-state index in [9.17, 15) is 26.0 Å². The molecule has 0 amide bonds. The maximum absolute atomic E-state index is 13.3. The molecule has 96 valence electrons. The summed E-state index contributed by atoms with van der Waals surface area (Å²) in [6.45, 7) is 1.20. The van der Waals surface area contributed by atoms with Gasteiger partial charge in [0.05, 0.1) is 11.3 Å². The number of sulfone groups is 1. The van der Waals surface area contributed by atoms with Gasteiger partial charge in [0.2, 0.25) is 0 Å². The van der Waals surface area contributed by atoms with Crippen LogP contribution in [0.1, 0.15) is 12.5 Å². The van der Waals surface area contributed by atoms with Crippen LogP contribution in [0.2, 0.25) is 0 Å². The van der Waals surface area contributed by atoms with Crippen molar-refractivity contribution < 1.29 is 31.1 Å². The molecular weight excluding hydrogens is 264 g/mol. The molecule has 0 aromatic heterocycles. The molecule has 0 radical (unpaired) electrons. The second-order valence-corrected chi connectivity index (χ2v) is 5.43. The predicted octanol–water partition coefficient (Wildman–Crippen LogP) is 1.80. The molecule has 17 heavy (non-hydrogen) atoms. The first-order valence-electron chi connectivity index (χ1n) is 4.42. The molecule has 1 aromatic carbocycles. The molecule has 1 aromatic rings. The van der Waals surface area contributed by atoms with Crippen molar-refractivity contribution in [1.29, 1.82) is 0 Å². The van der Waals surface area contributed by atoms with E-state index in [0.717, 1.165) is 0 Å². The summed E-state index contributed by atoms with van der Waals surface area (Å²) in [4.78, 5) is -1.01. The molecular formula is C9H8F4O3S. The smallest absolute Gasteiger partial charge is 0.332 e. The van der Waals surface area contributed by atoms with Crippen molar-refractivity contribution in [2.45, 2.75) is 17.9 Å². The number of halogens is 4. The number of benzene rings is 1. The third kappa shape index (κ3) is 2.58. The fraction of sp³-hybridized carbons (Fsp3) is 0.333. The normalized spacial score (nSPS) is 12.8. The zero-order valence-corrected chi connectivity index (χ0v) is 9.36. The lowest BCUT2D eigenvalue weighted by Crippen LogP contribution is -2.17. The summed E-state index contributed by atoms with van der Waals surface area (Å²) in [5, 5.41) is 8.26. The summed E-state index contributed by atoms with van der Waals surface area (Å²) in [6.07, 6.45) is -4.57. The molecule has 0 unspecified atom stereocenters. The molecule has 0 aliphatic carbocycles. The third-order valence-electron chi connectivity index (χ3n) is 2.09. The first-order valence-corrected chi connectivity index (χ1v) is 6.08. The number of alkyl halides is 2. The van der Waals surface area contributed by atoms with Crippen molar-refractivity contribution in [3.8, 4) is 0 Å². The molecule has 0 atom stereocenters. The SMILES string of the molecule is CCS(=O)(=O)c1ccc(C(O)(F)F)c(F)c1F. The molecule has 0 spiro atoms. The Kier molecular flexibility index (Phi) is 3.49. The fourth-order valence-electron chi connectivity index (χ4n) is 1.16. The van der Waals surface area contributed by atoms with Gasteiger partial charge < -0.3 is 5.11 Å². The molecule has 1 N–H and O–H groups in total. The fourth-order valence-corrected chi connectivity index (χ4v) is 2.11. The lowest BCUT2D eigenvalue weighted by atomic mass is 10.2. The van der Waals surface area contributed by atoms with Gasteiger partial charge in [0.25, 0.3) is 0 Å². The summed E-state index contributed by atoms with van der Waals surface area (Å²) < 4.78 is 73.8. The second-order valence-electron chi connectivity index (χ2n) is 3.18. The average Bonchev–Trinajstić information content (AvgIpc) is 2.19. The Morgan fingerprint density at radius 1 is 1.24 bits per heavy atom. The number of hydrogen-bond donors (Lipinski definition) is 1. The van der Waals surface area contributed by atoms with Crippen LogP contribution in [-0.2, 0) is 15.9 Å². The summed E-state index contributed by atoms with van der Waals surface area (Å²) >= 11 is 0. The van der Waals surface area contributed by atoms with Crippen LogP contribution >= 0.6 is 0 Å². The maximum atomic E-state index is 13.3. The highest BCUT2D eigenvalue weighted by molar-refractivity contribution is 7.91. The Balaban J connectivity index is 3.51. The van der Waals surface area contributed by atoms with Gasteiger partial charge in [-0.1, -0.05) is 6.92 Å². The number of aliphatic hydroxyl groups is 1. The average molecular weight is 272 g/mol. The summed E-state index contributed by atoms with van der Waals surface area (Å²) in [5.41, 5.74) is -1.61. The van der Waals surface area contributed by atoms with Crippen LogP contribution in [0.5, 0.6) is 0 Å². The third-order valence-corrected chi connectivity index (χ3v) is 3.83. The molecule has 8 heteroatoms. The van der Waals surface area contributed by atoms with Crippen LogP contribution in [0.15, 0.2) is 17.0 Å². The van der Waals surface area contributed by atoms with E-state index in [2.05, 4.69) is 0 Å². The molecule has 0 aliphatic rings. The van der Waals surface area contributed by atoms with Crippen LogP contribution in [0, 0.1) is 11.6 Å². The highest BCUT2D eigenvalue weighted by Gasteiger charge is 2.35. The van der Waals surface area contributed by atoms with Crippen LogP contribution in [0.25, 0.3) is 0 Å². The molecule has 3 nitrogen and oxygen atoms in total. The maximum Gasteiger partial charge on any atom is 0.383 e. The van der Waals surface area contributed by atoms with E-state index >= 15 is 0 Å². The quantitative estimate of drug-likeness (QED) is 0.854. The summed E-state index contributed by atoms with van der Waals surface area (Å²) in [5.74, 6) is -4.50. The van der Waals surface area contributed by atoms with Gasteiger partial charge in [-0.2, -0.15) is 8.78 Å². The van der Waals surface area contributed by atoms with E-state index in [1.54, 1.807) is 0 Å². The Hall–Kier alpha value is -1.15. The molecule has 0 aliphatic heterocycles. The van der Waals surface area contributed by atoms with Crippen molar-refractivity contribution in [2.24, 2.45) is 0 Å². The Morgan fingerprint density at radius 3 is 2.18 bits per heavy atom. The molecule has 0 bridgehead atoms. The second kappa shape index (κ2) is 4.26. The van der Waals surface area contributed by atoms with E-state index in [1.165, 1.54) is 6.92 Å². The first kappa shape index (κ1) is 13.9. The van der Waals surface area contributed by atoms with Crippen LogP contribution in [0.4, 0.5) is 17.6 Å². The zero-order chi connectivity index (χ0) is 13.4. The summed E-state index contributed by atoms with van der Waals surface area (Å²) in [6, 6.07) is 0.831. The predicted molar refractivity (Wildman–Crippen MR) is 50.2 cm³/mol. The standard InChI is InChI=1S/C9H8F4O3S/c1-2-17(15,16)6-4-3-5(9(12,13)14)7(10)8(6)11/h3-4,14H,2H2,1H3. The van der Waals surface area contributed by atoms with E-state index in [0.29, 0.717) is 12.1 Å².